The molecule has 0 saturated carbocycles. The average molecular weight is 679 g/mol. The SMILES string of the molecule is CCCCCCCCc1cc(-c2ccc3c(c2)[Si](CCCCCC)(CCCCCC)c2cc(C)ccc2-3)c(CCCCCCCC)cc1C. The maximum Gasteiger partial charge on any atom is 0.119 e. The Labute approximate surface area is 305 Å². The van der Waals surface area contributed by atoms with E-state index in [0.717, 1.165) is 0 Å². The number of aryl methyl sites for hydroxylation is 4. The quantitative estimate of drug-likeness (QED) is 0.0618. The Morgan fingerprint density at radius 1 is 0.408 bits per heavy atom. The van der Waals surface area contributed by atoms with Gasteiger partial charge in [-0.1, -0.05) is 197 Å². The normalized spacial score (nSPS) is 13.2. The molecule has 0 amide bonds. The number of benzene rings is 3. The maximum absolute atomic E-state index is 2.76. The minimum Gasteiger partial charge on any atom is -0.0654 e. The third-order valence-corrected chi connectivity index (χ3v) is 17.2. The van der Waals surface area contributed by atoms with Crippen LogP contribution in [0.5, 0.6) is 0 Å². The van der Waals surface area contributed by atoms with E-state index in [0.29, 0.717) is 0 Å². The average Bonchev–Trinajstić information content (AvgIpc) is 3.36. The van der Waals surface area contributed by atoms with E-state index in [1.807, 2.05) is 0 Å². The molecule has 1 heteroatoms. The van der Waals surface area contributed by atoms with Gasteiger partial charge < -0.3 is 0 Å². The first kappa shape index (κ1) is 39.7. The van der Waals surface area contributed by atoms with E-state index < -0.39 is 8.07 Å². The second-order valence-electron chi connectivity index (χ2n) is 16.0. The van der Waals surface area contributed by atoms with Crippen molar-refractivity contribution in [3.63, 3.8) is 0 Å². The summed E-state index contributed by atoms with van der Waals surface area (Å²) < 4.78 is 0. The van der Waals surface area contributed by atoms with Crippen molar-refractivity contribution in [3.8, 4) is 22.3 Å². The standard InChI is InChI=1S/C48H74Si/c1-7-11-15-19-21-23-27-41-37-46(42(36-40(41)6)28-24-22-20-16-12-8-2)43-30-32-45-44-31-29-39(5)35-47(44)49(48(45)38-43,33-25-17-13-9-3)34-26-18-14-10-4/h29-32,35-38H,7-28,33-34H2,1-6H3. The first-order valence-electron chi connectivity index (χ1n) is 21.4. The van der Waals surface area contributed by atoms with Crippen molar-refractivity contribution in [2.75, 3.05) is 0 Å². The van der Waals surface area contributed by atoms with Gasteiger partial charge in [-0.2, -0.15) is 0 Å². The van der Waals surface area contributed by atoms with Gasteiger partial charge in [0, 0.05) is 0 Å². The molecule has 0 bridgehead atoms. The van der Waals surface area contributed by atoms with Crippen LogP contribution in [-0.4, -0.2) is 8.07 Å². The van der Waals surface area contributed by atoms with E-state index in [9.17, 15) is 0 Å². The third-order valence-electron chi connectivity index (χ3n) is 11.9. The molecule has 3 aromatic carbocycles. The molecule has 0 atom stereocenters. The van der Waals surface area contributed by atoms with Crippen LogP contribution in [0.25, 0.3) is 22.3 Å². The summed E-state index contributed by atoms with van der Waals surface area (Å²) in [5.41, 5.74) is 12.4. The minimum absolute atomic E-state index is 1.21. The van der Waals surface area contributed by atoms with Gasteiger partial charge in [-0.3, -0.25) is 0 Å². The zero-order chi connectivity index (χ0) is 34.9. The summed E-state index contributed by atoms with van der Waals surface area (Å²) in [6.07, 6.45) is 29.8. The van der Waals surface area contributed by atoms with Gasteiger partial charge in [-0.05, 0) is 101 Å². The van der Waals surface area contributed by atoms with Gasteiger partial charge in [0.25, 0.3) is 0 Å². The first-order valence-corrected chi connectivity index (χ1v) is 23.8. The molecule has 4 rings (SSSR count). The van der Waals surface area contributed by atoms with E-state index in [1.165, 1.54) is 170 Å². The monoisotopic (exact) mass is 679 g/mol. The second kappa shape index (κ2) is 21.3. The molecular weight excluding hydrogens is 605 g/mol. The summed E-state index contributed by atoms with van der Waals surface area (Å²) in [4.78, 5) is 0. The molecule has 0 aliphatic carbocycles. The van der Waals surface area contributed by atoms with Crippen LogP contribution in [0.4, 0.5) is 0 Å². The summed E-state index contributed by atoms with van der Waals surface area (Å²) in [7, 11) is -1.89. The summed E-state index contributed by atoms with van der Waals surface area (Å²) in [6.45, 7) is 14.1. The van der Waals surface area contributed by atoms with Gasteiger partial charge in [-0.15, -0.1) is 0 Å². The van der Waals surface area contributed by atoms with Gasteiger partial charge in [0.2, 0.25) is 0 Å². The number of hydrogen-bond acceptors (Lipinski definition) is 0. The Balaban J connectivity index is 1.74. The molecule has 0 radical (unpaired) electrons. The van der Waals surface area contributed by atoms with Gasteiger partial charge >= 0.3 is 0 Å². The van der Waals surface area contributed by atoms with E-state index in [2.05, 4.69) is 90.1 Å². The van der Waals surface area contributed by atoms with E-state index in [1.54, 1.807) is 38.2 Å². The van der Waals surface area contributed by atoms with Crippen LogP contribution in [0.15, 0.2) is 48.5 Å². The molecule has 0 nitrogen and oxygen atoms in total. The highest BCUT2D eigenvalue weighted by Crippen LogP contribution is 2.39. The first-order chi connectivity index (χ1) is 24.0. The van der Waals surface area contributed by atoms with E-state index in [-0.39, 0.29) is 0 Å². The Morgan fingerprint density at radius 2 is 0.878 bits per heavy atom. The molecule has 1 aliphatic heterocycles. The Kier molecular flexibility index (Phi) is 17.2. The van der Waals surface area contributed by atoms with Crippen LogP contribution in [0, 0.1) is 13.8 Å². The van der Waals surface area contributed by atoms with Crippen molar-refractivity contribution < 1.29 is 0 Å². The topological polar surface area (TPSA) is 0 Å². The molecule has 1 aliphatic rings. The summed E-state index contributed by atoms with van der Waals surface area (Å²) in [5.74, 6) is 0. The molecule has 270 valence electrons. The number of fused-ring (bicyclic) bond motifs is 3. The fraction of sp³-hybridized carbons (Fsp3) is 0.625. The van der Waals surface area contributed by atoms with Crippen molar-refractivity contribution in [2.24, 2.45) is 0 Å². The molecule has 3 aromatic rings. The van der Waals surface area contributed by atoms with Crippen LogP contribution in [0.2, 0.25) is 12.1 Å². The predicted molar refractivity (Wildman–Crippen MR) is 224 cm³/mol. The largest absolute Gasteiger partial charge is 0.119 e. The molecule has 0 spiro atoms. The number of hydrogen-bond donors (Lipinski definition) is 0. The highest BCUT2D eigenvalue weighted by atomic mass is 28.3. The van der Waals surface area contributed by atoms with Gasteiger partial charge in [0.15, 0.2) is 0 Å². The van der Waals surface area contributed by atoms with Crippen LogP contribution >= 0.6 is 0 Å². The highest BCUT2D eigenvalue weighted by molar-refractivity contribution is 7.05. The number of rotatable bonds is 25. The van der Waals surface area contributed by atoms with Crippen LogP contribution in [0.1, 0.15) is 178 Å². The summed E-state index contributed by atoms with van der Waals surface area (Å²) in [6, 6.07) is 23.5. The van der Waals surface area contributed by atoms with Crippen LogP contribution < -0.4 is 10.4 Å². The van der Waals surface area contributed by atoms with Crippen LogP contribution in [-0.2, 0) is 12.8 Å². The number of unbranched alkanes of at least 4 members (excludes halogenated alkanes) is 16. The molecule has 49 heavy (non-hydrogen) atoms. The lowest BCUT2D eigenvalue weighted by molar-refractivity contribution is 0.605. The van der Waals surface area contributed by atoms with Gasteiger partial charge in [0.05, 0.1) is 0 Å². The van der Waals surface area contributed by atoms with Gasteiger partial charge in [-0.25, -0.2) is 0 Å². The lowest BCUT2D eigenvalue weighted by Crippen LogP contribution is -2.55. The van der Waals surface area contributed by atoms with Crippen molar-refractivity contribution in [3.05, 3.63) is 70.8 Å². The molecule has 0 aromatic heterocycles. The Morgan fingerprint density at radius 3 is 1.45 bits per heavy atom. The minimum atomic E-state index is -1.89. The zero-order valence-electron chi connectivity index (χ0n) is 33.1. The molecule has 1 heterocycles. The molecule has 0 unspecified atom stereocenters. The lowest BCUT2D eigenvalue weighted by Gasteiger charge is -2.31. The predicted octanol–water partition coefficient (Wildman–Crippen LogP) is 14.5. The molecule has 0 saturated heterocycles. The van der Waals surface area contributed by atoms with Crippen molar-refractivity contribution in [2.45, 2.75) is 195 Å². The Bertz CT molecular complexity index is 1380. The molecule has 0 N–H and O–H groups in total. The summed E-state index contributed by atoms with van der Waals surface area (Å²) >= 11 is 0. The molecular formula is C48H74Si. The maximum atomic E-state index is 2.76. The van der Waals surface area contributed by atoms with E-state index >= 15 is 0 Å². The van der Waals surface area contributed by atoms with Crippen LogP contribution in [0.3, 0.4) is 0 Å². The fourth-order valence-corrected chi connectivity index (χ4v) is 14.6. The fourth-order valence-electron chi connectivity index (χ4n) is 8.90. The van der Waals surface area contributed by atoms with E-state index in [4.69, 9.17) is 0 Å². The summed E-state index contributed by atoms with van der Waals surface area (Å²) in [5, 5.41) is 3.55. The van der Waals surface area contributed by atoms with Crippen molar-refractivity contribution in [1.29, 1.82) is 0 Å². The van der Waals surface area contributed by atoms with Gasteiger partial charge in [0.1, 0.15) is 8.07 Å². The third kappa shape index (κ3) is 10.9. The van der Waals surface area contributed by atoms with Crippen molar-refractivity contribution >= 4 is 18.4 Å². The zero-order valence-corrected chi connectivity index (χ0v) is 34.1. The van der Waals surface area contributed by atoms with Crippen molar-refractivity contribution in [1.82, 2.24) is 0 Å². The Hall–Kier alpha value is -2.12. The highest BCUT2D eigenvalue weighted by Gasteiger charge is 2.44. The molecule has 0 fully saturated rings. The second-order valence-corrected chi connectivity index (χ2v) is 20.2. The lowest BCUT2D eigenvalue weighted by atomic mass is 9.89. The smallest absolute Gasteiger partial charge is 0.0654 e.